The van der Waals surface area contributed by atoms with Gasteiger partial charge in [0.25, 0.3) is 0 Å². The molecule has 0 aliphatic carbocycles. The van der Waals surface area contributed by atoms with Gasteiger partial charge >= 0.3 is 0 Å². The second-order valence-electron chi connectivity index (χ2n) is 5.67. The van der Waals surface area contributed by atoms with E-state index in [1.54, 1.807) is 19.1 Å². The second kappa shape index (κ2) is 6.05. The van der Waals surface area contributed by atoms with Crippen LogP contribution >= 0.6 is 0 Å². The quantitative estimate of drug-likeness (QED) is 0.769. The number of hydrogen-bond donors (Lipinski definition) is 1. The molecule has 0 fully saturated rings. The highest BCUT2D eigenvalue weighted by atomic mass is 32.2. The van der Waals surface area contributed by atoms with Gasteiger partial charge in [-0.2, -0.15) is 4.72 Å². The SMILES string of the molecule is CC(NS(=O)(=O)c1ccc2c(c1)OCCO2)c1nc2ccccc2o1. The molecule has 1 aliphatic rings. The molecule has 130 valence electrons. The Morgan fingerprint density at radius 2 is 1.84 bits per heavy atom. The van der Waals surface area contributed by atoms with E-state index < -0.39 is 16.1 Å². The number of nitrogens with one attached hydrogen (secondary N) is 1. The van der Waals surface area contributed by atoms with E-state index in [-0.39, 0.29) is 4.90 Å². The Hall–Kier alpha value is -2.58. The maximum absolute atomic E-state index is 12.6. The smallest absolute Gasteiger partial charge is 0.241 e. The maximum Gasteiger partial charge on any atom is 0.241 e. The summed E-state index contributed by atoms with van der Waals surface area (Å²) in [5.41, 5.74) is 1.30. The van der Waals surface area contributed by atoms with E-state index in [0.717, 1.165) is 0 Å². The number of nitrogens with zero attached hydrogens (tertiary/aromatic N) is 1. The van der Waals surface area contributed by atoms with Crippen molar-refractivity contribution < 1.29 is 22.3 Å². The molecule has 7 nitrogen and oxygen atoms in total. The first kappa shape index (κ1) is 15.9. The summed E-state index contributed by atoms with van der Waals surface area (Å²) < 4.78 is 44.3. The molecule has 0 bridgehead atoms. The van der Waals surface area contributed by atoms with Crippen LogP contribution in [0.1, 0.15) is 18.9 Å². The number of benzene rings is 2. The molecule has 25 heavy (non-hydrogen) atoms. The summed E-state index contributed by atoms with van der Waals surface area (Å²) in [4.78, 5) is 4.42. The highest BCUT2D eigenvalue weighted by Gasteiger charge is 2.24. The molecule has 2 aromatic carbocycles. The Morgan fingerprint density at radius 1 is 1.08 bits per heavy atom. The third-order valence-electron chi connectivity index (χ3n) is 3.84. The van der Waals surface area contributed by atoms with Crippen LogP contribution in [-0.4, -0.2) is 26.6 Å². The molecule has 8 heteroatoms. The zero-order valence-electron chi connectivity index (χ0n) is 13.4. The van der Waals surface area contributed by atoms with Gasteiger partial charge in [0.05, 0.1) is 10.9 Å². The Bertz CT molecular complexity index is 995. The third-order valence-corrected chi connectivity index (χ3v) is 5.38. The topological polar surface area (TPSA) is 90.7 Å². The fourth-order valence-corrected chi connectivity index (χ4v) is 3.83. The summed E-state index contributed by atoms with van der Waals surface area (Å²) >= 11 is 0. The van der Waals surface area contributed by atoms with E-state index in [1.807, 2.05) is 18.2 Å². The number of rotatable bonds is 4. The molecule has 1 N–H and O–H groups in total. The van der Waals surface area contributed by atoms with Crippen molar-refractivity contribution in [3.05, 3.63) is 48.4 Å². The van der Waals surface area contributed by atoms with Gasteiger partial charge in [-0.1, -0.05) is 12.1 Å². The van der Waals surface area contributed by atoms with E-state index in [2.05, 4.69) is 9.71 Å². The lowest BCUT2D eigenvalue weighted by molar-refractivity contribution is 0.171. The number of hydrogen-bond acceptors (Lipinski definition) is 6. The fourth-order valence-electron chi connectivity index (χ4n) is 2.62. The van der Waals surface area contributed by atoms with Crippen LogP contribution in [0, 0.1) is 0 Å². The average molecular weight is 360 g/mol. The molecule has 3 aromatic rings. The number of oxazole rings is 1. The maximum atomic E-state index is 12.6. The van der Waals surface area contributed by atoms with Crippen LogP contribution in [-0.2, 0) is 10.0 Å². The molecule has 0 amide bonds. The molecule has 2 heterocycles. The standard InChI is InChI=1S/C17H16N2O5S/c1-11(17-18-13-4-2-3-5-14(13)24-17)19-25(20,21)12-6-7-15-16(10-12)23-9-8-22-15/h2-7,10-11,19H,8-9H2,1H3. The van der Waals surface area contributed by atoms with Gasteiger partial charge in [0.15, 0.2) is 17.1 Å². The van der Waals surface area contributed by atoms with Crippen molar-refractivity contribution >= 4 is 21.1 Å². The van der Waals surface area contributed by atoms with E-state index in [9.17, 15) is 8.42 Å². The molecule has 0 spiro atoms. The molecule has 1 atom stereocenters. The Morgan fingerprint density at radius 3 is 2.64 bits per heavy atom. The monoisotopic (exact) mass is 360 g/mol. The summed E-state index contributed by atoms with van der Waals surface area (Å²) in [6.07, 6.45) is 0. The predicted octanol–water partition coefficient (Wildman–Crippen LogP) is 2.64. The molecule has 0 radical (unpaired) electrons. The van der Waals surface area contributed by atoms with Gasteiger partial charge in [-0.05, 0) is 31.2 Å². The lowest BCUT2D eigenvalue weighted by atomic mass is 10.3. The fraction of sp³-hybridized carbons (Fsp3) is 0.235. The van der Waals surface area contributed by atoms with Gasteiger partial charge in [0.1, 0.15) is 18.7 Å². The molecule has 4 rings (SSSR count). The highest BCUT2D eigenvalue weighted by Crippen LogP contribution is 2.32. The van der Waals surface area contributed by atoms with Gasteiger partial charge < -0.3 is 13.9 Å². The van der Waals surface area contributed by atoms with Gasteiger partial charge in [-0.3, -0.25) is 0 Å². The number of fused-ring (bicyclic) bond motifs is 2. The van der Waals surface area contributed by atoms with Crippen molar-refractivity contribution in [3.63, 3.8) is 0 Å². The van der Waals surface area contributed by atoms with Gasteiger partial charge in [-0.25, -0.2) is 13.4 Å². The highest BCUT2D eigenvalue weighted by molar-refractivity contribution is 7.89. The van der Waals surface area contributed by atoms with Gasteiger partial charge in [0, 0.05) is 6.07 Å². The predicted molar refractivity (Wildman–Crippen MR) is 90.2 cm³/mol. The summed E-state index contributed by atoms with van der Waals surface area (Å²) in [5, 5.41) is 0. The van der Waals surface area contributed by atoms with E-state index in [4.69, 9.17) is 13.9 Å². The lowest BCUT2D eigenvalue weighted by Gasteiger charge is -2.19. The average Bonchev–Trinajstić information content (AvgIpc) is 3.05. The molecule has 0 saturated carbocycles. The van der Waals surface area contributed by atoms with E-state index in [0.29, 0.717) is 41.7 Å². The molecule has 1 aliphatic heterocycles. The number of aromatic nitrogens is 1. The normalized spacial score (nSPS) is 15.2. The Labute approximate surface area is 144 Å². The minimum atomic E-state index is -3.76. The molecule has 1 aromatic heterocycles. The van der Waals surface area contributed by atoms with Crippen LogP contribution in [0.15, 0.2) is 51.8 Å². The van der Waals surface area contributed by atoms with Crippen molar-refractivity contribution in [3.8, 4) is 11.5 Å². The lowest BCUT2D eigenvalue weighted by Crippen LogP contribution is -2.27. The zero-order valence-corrected chi connectivity index (χ0v) is 14.2. The summed E-state index contributed by atoms with van der Waals surface area (Å²) in [6.45, 7) is 2.52. The van der Waals surface area contributed by atoms with Gasteiger partial charge in [0.2, 0.25) is 15.9 Å². The van der Waals surface area contributed by atoms with Crippen LogP contribution in [0.3, 0.4) is 0 Å². The summed E-state index contributed by atoms with van der Waals surface area (Å²) in [5.74, 6) is 1.27. The van der Waals surface area contributed by atoms with Crippen molar-refractivity contribution in [1.82, 2.24) is 9.71 Å². The van der Waals surface area contributed by atoms with Crippen LogP contribution in [0.4, 0.5) is 0 Å². The Kier molecular flexibility index (Phi) is 3.85. The van der Waals surface area contributed by atoms with Crippen LogP contribution in [0.5, 0.6) is 11.5 Å². The molecular weight excluding hydrogens is 344 g/mol. The van der Waals surface area contributed by atoms with Crippen molar-refractivity contribution in [2.24, 2.45) is 0 Å². The number of ether oxygens (including phenoxy) is 2. The third kappa shape index (κ3) is 3.06. The second-order valence-corrected chi connectivity index (χ2v) is 7.38. The Balaban J connectivity index is 1.60. The zero-order chi connectivity index (χ0) is 17.4. The first-order valence-corrected chi connectivity index (χ1v) is 9.29. The first-order valence-electron chi connectivity index (χ1n) is 7.80. The number of sulfonamides is 1. The van der Waals surface area contributed by atoms with Gasteiger partial charge in [-0.15, -0.1) is 0 Å². The van der Waals surface area contributed by atoms with E-state index >= 15 is 0 Å². The minimum absolute atomic E-state index is 0.0970. The molecule has 1 unspecified atom stereocenters. The number of para-hydroxylation sites is 2. The minimum Gasteiger partial charge on any atom is -0.486 e. The summed E-state index contributed by atoms with van der Waals surface area (Å²) in [7, 11) is -3.76. The van der Waals surface area contributed by atoms with Crippen LogP contribution in [0.2, 0.25) is 0 Å². The molecule has 0 saturated heterocycles. The van der Waals surface area contributed by atoms with Crippen LogP contribution in [0.25, 0.3) is 11.1 Å². The van der Waals surface area contributed by atoms with Crippen molar-refractivity contribution in [1.29, 1.82) is 0 Å². The summed E-state index contributed by atoms with van der Waals surface area (Å²) in [6, 6.07) is 11.2. The molecular formula is C17H16N2O5S. The van der Waals surface area contributed by atoms with E-state index in [1.165, 1.54) is 12.1 Å². The first-order chi connectivity index (χ1) is 12.0. The van der Waals surface area contributed by atoms with Crippen molar-refractivity contribution in [2.45, 2.75) is 17.9 Å². The van der Waals surface area contributed by atoms with Crippen LogP contribution < -0.4 is 14.2 Å². The van der Waals surface area contributed by atoms with Crippen molar-refractivity contribution in [2.75, 3.05) is 13.2 Å². The largest absolute Gasteiger partial charge is 0.486 e.